The molecule has 1 amide bonds. The van der Waals surface area contributed by atoms with Crippen LogP contribution < -0.4 is 14.9 Å². The van der Waals surface area contributed by atoms with Crippen molar-refractivity contribution in [3.63, 3.8) is 0 Å². The highest BCUT2D eigenvalue weighted by Crippen LogP contribution is 2.34. The average molecular weight is 391 g/mol. The first-order chi connectivity index (χ1) is 12.7. The third-order valence-corrected chi connectivity index (χ3v) is 5.67. The minimum atomic E-state index is -3.78. The summed E-state index contributed by atoms with van der Waals surface area (Å²) in [6.07, 6.45) is 0.563. The number of anilines is 2. The molecule has 0 saturated heterocycles. The van der Waals surface area contributed by atoms with Gasteiger partial charge in [-0.2, -0.15) is 0 Å². The summed E-state index contributed by atoms with van der Waals surface area (Å²) >= 11 is 0. The number of likely N-dealkylation sites (N-methyl/N-ethyl adjacent to an activating group) is 1. The lowest BCUT2D eigenvalue weighted by molar-refractivity contribution is -0.117. The van der Waals surface area contributed by atoms with Gasteiger partial charge in [-0.1, -0.05) is 0 Å². The van der Waals surface area contributed by atoms with E-state index in [0.29, 0.717) is 18.7 Å². The number of nitrogens with zero attached hydrogens (tertiary/aromatic N) is 2. The Labute approximate surface area is 158 Å². The van der Waals surface area contributed by atoms with Crippen LogP contribution in [0, 0.1) is 5.82 Å². The van der Waals surface area contributed by atoms with Gasteiger partial charge < -0.3 is 9.80 Å². The first-order valence-electron chi connectivity index (χ1n) is 8.69. The van der Waals surface area contributed by atoms with Crippen molar-refractivity contribution in [3.8, 4) is 0 Å². The predicted octanol–water partition coefficient (Wildman–Crippen LogP) is 2.28. The number of amides is 1. The second-order valence-electron chi connectivity index (χ2n) is 6.64. The monoisotopic (exact) mass is 391 g/mol. The number of carbonyl (C=O) groups excluding carboxylic acids is 1. The maximum absolute atomic E-state index is 13.1. The van der Waals surface area contributed by atoms with Crippen molar-refractivity contribution in [2.45, 2.75) is 31.2 Å². The van der Waals surface area contributed by atoms with Crippen LogP contribution in [0.25, 0.3) is 0 Å². The van der Waals surface area contributed by atoms with Crippen LogP contribution in [0.2, 0.25) is 0 Å². The normalized spacial score (nSPS) is 16.3. The lowest BCUT2D eigenvalue weighted by Crippen LogP contribution is -2.43. The van der Waals surface area contributed by atoms with Crippen molar-refractivity contribution in [1.82, 2.24) is 0 Å². The predicted molar refractivity (Wildman–Crippen MR) is 103 cm³/mol. The van der Waals surface area contributed by atoms with Gasteiger partial charge in [-0.15, -0.1) is 0 Å². The summed E-state index contributed by atoms with van der Waals surface area (Å²) in [5.74, 6) is -0.426. The van der Waals surface area contributed by atoms with Gasteiger partial charge in [-0.3, -0.25) is 4.79 Å². The summed E-state index contributed by atoms with van der Waals surface area (Å²) in [6, 6.07) is 10.5. The molecule has 0 radical (unpaired) electrons. The molecule has 2 aromatic carbocycles. The maximum Gasteiger partial charge on any atom is 0.246 e. The van der Waals surface area contributed by atoms with Crippen molar-refractivity contribution in [1.29, 1.82) is 0 Å². The van der Waals surface area contributed by atoms with Gasteiger partial charge in [-0.25, -0.2) is 17.9 Å². The molecule has 1 atom stereocenters. The van der Waals surface area contributed by atoms with E-state index >= 15 is 0 Å². The number of fused-ring (bicyclic) bond motifs is 1. The summed E-state index contributed by atoms with van der Waals surface area (Å²) in [5, 5.41) is 5.20. The first-order valence-corrected chi connectivity index (χ1v) is 10.2. The van der Waals surface area contributed by atoms with Gasteiger partial charge in [0, 0.05) is 24.0 Å². The Morgan fingerprint density at radius 2 is 1.93 bits per heavy atom. The average Bonchev–Trinajstić information content (AvgIpc) is 2.94. The standard InChI is InChI=1S/C19H22FN3O3S/c1-3-22(16-6-4-15(20)5-7-16)12-19(24)23-13(2)10-14-11-17(27(21,25)26)8-9-18(14)23/h4-9,11,13H,3,10,12H2,1-2H3,(H2,21,25,26). The minimum absolute atomic E-state index is 0.0456. The third-order valence-electron chi connectivity index (χ3n) is 4.76. The number of hydrogen-bond donors (Lipinski definition) is 1. The molecule has 2 aromatic rings. The molecule has 2 N–H and O–H groups in total. The van der Waals surface area contributed by atoms with Crippen LogP contribution in [0.3, 0.4) is 0 Å². The fraction of sp³-hybridized carbons (Fsp3) is 0.316. The topological polar surface area (TPSA) is 83.7 Å². The number of halogens is 1. The Morgan fingerprint density at radius 1 is 1.26 bits per heavy atom. The van der Waals surface area contributed by atoms with Crippen molar-refractivity contribution in [2.24, 2.45) is 5.14 Å². The SMILES string of the molecule is CCN(CC(=O)N1c2ccc(S(N)(=O)=O)cc2CC1C)c1ccc(F)cc1. The molecule has 8 heteroatoms. The Bertz CT molecular complexity index is 961. The van der Waals surface area contributed by atoms with E-state index in [0.717, 1.165) is 11.3 Å². The molecule has 1 unspecified atom stereocenters. The van der Waals surface area contributed by atoms with Gasteiger partial charge in [0.05, 0.1) is 11.4 Å². The van der Waals surface area contributed by atoms with Gasteiger partial charge in [0.15, 0.2) is 0 Å². The Kier molecular flexibility index (Phi) is 5.21. The van der Waals surface area contributed by atoms with Gasteiger partial charge >= 0.3 is 0 Å². The first kappa shape index (κ1) is 19.3. The van der Waals surface area contributed by atoms with Gasteiger partial charge in [0.25, 0.3) is 0 Å². The van der Waals surface area contributed by atoms with Gasteiger partial charge in [0.2, 0.25) is 15.9 Å². The molecule has 27 heavy (non-hydrogen) atoms. The summed E-state index contributed by atoms with van der Waals surface area (Å²) in [7, 11) is -3.78. The summed E-state index contributed by atoms with van der Waals surface area (Å²) in [6.45, 7) is 4.58. The zero-order valence-corrected chi connectivity index (χ0v) is 16.0. The molecular formula is C19H22FN3O3S. The van der Waals surface area contributed by atoms with Crippen molar-refractivity contribution in [2.75, 3.05) is 22.9 Å². The Hall–Kier alpha value is -2.45. The zero-order chi connectivity index (χ0) is 19.8. The molecule has 0 aromatic heterocycles. The van der Waals surface area contributed by atoms with E-state index in [2.05, 4.69) is 0 Å². The van der Waals surface area contributed by atoms with Crippen LogP contribution in [0.1, 0.15) is 19.4 Å². The van der Waals surface area contributed by atoms with Gasteiger partial charge in [0.1, 0.15) is 5.82 Å². The number of hydrogen-bond acceptors (Lipinski definition) is 4. The lowest BCUT2D eigenvalue weighted by atomic mass is 10.1. The van der Waals surface area contributed by atoms with Crippen molar-refractivity contribution in [3.05, 3.63) is 53.8 Å². The van der Waals surface area contributed by atoms with Crippen LogP contribution in [-0.4, -0.2) is 33.5 Å². The second kappa shape index (κ2) is 7.28. The molecule has 0 saturated carbocycles. The maximum atomic E-state index is 13.1. The van der Waals surface area contributed by atoms with Crippen LogP contribution in [-0.2, 0) is 21.2 Å². The number of carbonyl (C=O) groups is 1. The molecule has 0 aliphatic carbocycles. The highest BCUT2D eigenvalue weighted by molar-refractivity contribution is 7.89. The van der Waals surface area contributed by atoms with E-state index in [1.807, 2.05) is 18.7 Å². The van der Waals surface area contributed by atoms with Crippen molar-refractivity contribution < 1.29 is 17.6 Å². The van der Waals surface area contributed by atoms with Crippen molar-refractivity contribution >= 4 is 27.3 Å². The van der Waals surface area contributed by atoms with E-state index in [1.54, 1.807) is 23.1 Å². The van der Waals surface area contributed by atoms with E-state index in [-0.39, 0.29) is 29.2 Å². The quantitative estimate of drug-likeness (QED) is 0.848. The summed E-state index contributed by atoms with van der Waals surface area (Å²) in [4.78, 5) is 16.6. The Balaban J connectivity index is 1.84. The molecule has 1 heterocycles. The molecule has 0 spiro atoms. The highest BCUT2D eigenvalue weighted by atomic mass is 32.2. The molecule has 144 valence electrons. The fourth-order valence-electron chi connectivity index (χ4n) is 3.44. The molecule has 1 aliphatic heterocycles. The lowest BCUT2D eigenvalue weighted by Gasteiger charge is -2.28. The van der Waals surface area contributed by atoms with Crippen LogP contribution >= 0.6 is 0 Å². The fourth-order valence-corrected chi connectivity index (χ4v) is 4.01. The molecule has 0 fully saturated rings. The van der Waals surface area contributed by atoms with E-state index in [4.69, 9.17) is 5.14 Å². The van der Waals surface area contributed by atoms with E-state index in [1.165, 1.54) is 24.3 Å². The number of benzene rings is 2. The van der Waals surface area contributed by atoms with Crippen LogP contribution in [0.15, 0.2) is 47.4 Å². The largest absolute Gasteiger partial charge is 0.362 e. The molecule has 3 rings (SSSR count). The van der Waals surface area contributed by atoms with Crippen LogP contribution in [0.4, 0.5) is 15.8 Å². The number of rotatable bonds is 5. The summed E-state index contributed by atoms with van der Waals surface area (Å²) in [5.41, 5.74) is 2.26. The Morgan fingerprint density at radius 3 is 2.52 bits per heavy atom. The molecular weight excluding hydrogens is 369 g/mol. The molecule has 1 aliphatic rings. The third kappa shape index (κ3) is 3.96. The number of nitrogens with two attached hydrogens (primary N) is 1. The highest BCUT2D eigenvalue weighted by Gasteiger charge is 2.32. The molecule has 6 nitrogen and oxygen atoms in total. The van der Waals surface area contributed by atoms with Crippen LogP contribution in [0.5, 0.6) is 0 Å². The number of sulfonamides is 1. The van der Waals surface area contributed by atoms with E-state index in [9.17, 15) is 17.6 Å². The van der Waals surface area contributed by atoms with Gasteiger partial charge in [-0.05, 0) is 68.3 Å². The zero-order valence-electron chi connectivity index (χ0n) is 15.2. The minimum Gasteiger partial charge on any atom is -0.362 e. The van der Waals surface area contributed by atoms with E-state index < -0.39 is 10.0 Å². The molecule has 0 bridgehead atoms. The number of primary sulfonamides is 1. The second-order valence-corrected chi connectivity index (χ2v) is 8.20. The summed E-state index contributed by atoms with van der Waals surface area (Å²) < 4.78 is 36.3. The smallest absolute Gasteiger partial charge is 0.246 e.